The number of hydrogen-bond acceptors (Lipinski definition) is 2. The highest BCUT2D eigenvalue weighted by Gasteiger charge is 1.99. The summed E-state index contributed by atoms with van der Waals surface area (Å²) in [6, 6.07) is 6.43. The number of hydrogen-bond donors (Lipinski definition) is 3. The molecule has 14 heavy (non-hydrogen) atoms. The Morgan fingerprint density at radius 2 is 1.86 bits per heavy atom. The van der Waals surface area contributed by atoms with Crippen LogP contribution in [0.15, 0.2) is 29.3 Å². The molecule has 0 unspecified atom stereocenters. The standard InChI is InChI=1S/C8H10N4O.ClH/c9-7(13)5-2-1-3-6(4-5)12-8(10)11;/h1-4H,(H2,9,13)(H4,10,11,12);1H. The van der Waals surface area contributed by atoms with Gasteiger partial charge in [0.15, 0.2) is 5.96 Å². The maximum atomic E-state index is 10.8. The van der Waals surface area contributed by atoms with E-state index < -0.39 is 5.91 Å². The summed E-state index contributed by atoms with van der Waals surface area (Å²) in [5.41, 5.74) is 16.3. The fraction of sp³-hybridized carbons (Fsp3) is 0. The summed E-state index contributed by atoms with van der Waals surface area (Å²) in [5.74, 6) is -0.561. The zero-order chi connectivity index (χ0) is 9.84. The molecule has 5 nitrogen and oxygen atoms in total. The number of benzene rings is 1. The lowest BCUT2D eigenvalue weighted by atomic mass is 10.2. The summed E-state index contributed by atoms with van der Waals surface area (Å²) in [5, 5.41) is 0. The van der Waals surface area contributed by atoms with Gasteiger partial charge in [0.1, 0.15) is 0 Å². The molecule has 0 aliphatic carbocycles. The van der Waals surface area contributed by atoms with E-state index in [0.29, 0.717) is 11.3 Å². The molecule has 0 spiro atoms. The lowest BCUT2D eigenvalue weighted by Gasteiger charge is -1.97. The minimum absolute atomic E-state index is 0. The molecule has 0 saturated heterocycles. The number of carbonyl (C=O) groups is 1. The maximum absolute atomic E-state index is 10.8. The lowest BCUT2D eigenvalue weighted by Crippen LogP contribution is -2.21. The number of primary amides is 1. The van der Waals surface area contributed by atoms with Gasteiger partial charge < -0.3 is 17.2 Å². The van der Waals surface area contributed by atoms with Crippen LogP contribution in [0.1, 0.15) is 10.4 Å². The van der Waals surface area contributed by atoms with Gasteiger partial charge in [-0.25, -0.2) is 4.99 Å². The predicted molar refractivity (Wildman–Crippen MR) is 57.7 cm³/mol. The molecule has 0 aromatic heterocycles. The SMILES string of the molecule is Cl.NC(=O)c1cccc(N=C(N)N)c1. The Labute approximate surface area is 87.4 Å². The molecule has 1 aromatic carbocycles. The van der Waals surface area contributed by atoms with Crippen LogP contribution in [-0.2, 0) is 0 Å². The van der Waals surface area contributed by atoms with E-state index >= 15 is 0 Å². The molecule has 6 N–H and O–H groups in total. The molecular formula is C8H11ClN4O. The van der Waals surface area contributed by atoms with Crippen molar-refractivity contribution < 1.29 is 4.79 Å². The lowest BCUT2D eigenvalue weighted by molar-refractivity contribution is 0.100. The summed E-state index contributed by atoms with van der Waals surface area (Å²) >= 11 is 0. The van der Waals surface area contributed by atoms with Crippen molar-refractivity contribution in [1.82, 2.24) is 0 Å². The fourth-order valence-electron chi connectivity index (χ4n) is 0.878. The van der Waals surface area contributed by atoms with Crippen LogP contribution in [0.3, 0.4) is 0 Å². The van der Waals surface area contributed by atoms with Gasteiger partial charge in [-0.1, -0.05) is 6.07 Å². The summed E-state index contributed by atoms with van der Waals surface area (Å²) in [6.07, 6.45) is 0. The molecule has 0 atom stereocenters. The zero-order valence-corrected chi connectivity index (χ0v) is 8.12. The normalized spacial score (nSPS) is 8.57. The second kappa shape index (κ2) is 5.08. The number of nitrogens with zero attached hydrogens (tertiary/aromatic N) is 1. The smallest absolute Gasteiger partial charge is 0.248 e. The topological polar surface area (TPSA) is 107 Å². The van der Waals surface area contributed by atoms with E-state index in [1.807, 2.05) is 0 Å². The average Bonchev–Trinajstić information content (AvgIpc) is 2.03. The minimum atomic E-state index is -0.507. The Kier molecular flexibility index (Phi) is 4.45. The molecule has 0 heterocycles. The zero-order valence-electron chi connectivity index (χ0n) is 7.31. The monoisotopic (exact) mass is 214 g/mol. The van der Waals surface area contributed by atoms with Crippen LogP contribution in [0, 0.1) is 0 Å². The van der Waals surface area contributed by atoms with E-state index in [2.05, 4.69) is 4.99 Å². The molecule has 1 aromatic rings. The molecule has 0 aliphatic heterocycles. The van der Waals surface area contributed by atoms with Crippen LogP contribution < -0.4 is 17.2 Å². The second-order valence-electron chi connectivity index (χ2n) is 2.45. The summed E-state index contributed by atoms with van der Waals surface area (Å²) in [7, 11) is 0. The predicted octanol–water partition coefficient (Wildman–Crippen LogP) is 0.112. The van der Waals surface area contributed by atoms with Gasteiger partial charge in [-0.2, -0.15) is 0 Å². The third-order valence-corrected chi connectivity index (χ3v) is 1.39. The molecule has 6 heteroatoms. The van der Waals surface area contributed by atoms with Crippen molar-refractivity contribution in [3.63, 3.8) is 0 Å². The molecule has 0 aliphatic rings. The fourth-order valence-corrected chi connectivity index (χ4v) is 0.878. The van der Waals surface area contributed by atoms with Crippen LogP contribution in [0.2, 0.25) is 0 Å². The number of aliphatic imine (C=N–C) groups is 1. The maximum Gasteiger partial charge on any atom is 0.248 e. The van der Waals surface area contributed by atoms with Crippen LogP contribution in [-0.4, -0.2) is 11.9 Å². The third-order valence-electron chi connectivity index (χ3n) is 1.39. The molecule has 0 radical (unpaired) electrons. The molecule has 0 saturated carbocycles. The van der Waals surface area contributed by atoms with Crippen LogP contribution in [0.4, 0.5) is 5.69 Å². The number of carbonyl (C=O) groups excluding carboxylic acids is 1. The number of nitrogens with two attached hydrogens (primary N) is 3. The van der Waals surface area contributed by atoms with E-state index in [4.69, 9.17) is 17.2 Å². The highest BCUT2D eigenvalue weighted by Crippen LogP contribution is 2.12. The van der Waals surface area contributed by atoms with Crippen molar-refractivity contribution in [1.29, 1.82) is 0 Å². The van der Waals surface area contributed by atoms with Gasteiger partial charge in [-0.3, -0.25) is 4.79 Å². The van der Waals surface area contributed by atoms with Crippen molar-refractivity contribution in [2.24, 2.45) is 22.2 Å². The summed E-state index contributed by atoms with van der Waals surface area (Å²) < 4.78 is 0. The largest absolute Gasteiger partial charge is 0.370 e. The van der Waals surface area contributed by atoms with Crippen molar-refractivity contribution in [2.45, 2.75) is 0 Å². The highest BCUT2D eigenvalue weighted by atomic mass is 35.5. The molecule has 76 valence electrons. The number of halogens is 1. The Balaban J connectivity index is 0.00000169. The number of guanidine groups is 1. The third kappa shape index (κ3) is 3.32. The number of amides is 1. The van der Waals surface area contributed by atoms with Gasteiger partial charge in [0.05, 0.1) is 5.69 Å². The van der Waals surface area contributed by atoms with E-state index in [1.165, 1.54) is 6.07 Å². The molecule has 1 amide bonds. The van der Waals surface area contributed by atoms with Crippen molar-refractivity contribution in [3.8, 4) is 0 Å². The van der Waals surface area contributed by atoms with Crippen LogP contribution in [0.25, 0.3) is 0 Å². The molecule has 1 rings (SSSR count). The van der Waals surface area contributed by atoms with E-state index in [9.17, 15) is 4.79 Å². The molecule has 0 bridgehead atoms. The quantitative estimate of drug-likeness (QED) is 0.480. The van der Waals surface area contributed by atoms with Gasteiger partial charge in [0, 0.05) is 5.56 Å². The van der Waals surface area contributed by atoms with Gasteiger partial charge in [0.2, 0.25) is 5.91 Å². The Hall–Kier alpha value is -1.75. The van der Waals surface area contributed by atoms with Crippen molar-refractivity contribution >= 4 is 30.0 Å². The Morgan fingerprint density at radius 1 is 1.21 bits per heavy atom. The van der Waals surface area contributed by atoms with Crippen LogP contribution >= 0.6 is 12.4 Å². The second-order valence-corrected chi connectivity index (χ2v) is 2.45. The molecular weight excluding hydrogens is 204 g/mol. The minimum Gasteiger partial charge on any atom is -0.370 e. The van der Waals surface area contributed by atoms with E-state index in [0.717, 1.165) is 0 Å². The van der Waals surface area contributed by atoms with Gasteiger partial charge in [0.25, 0.3) is 0 Å². The van der Waals surface area contributed by atoms with Gasteiger partial charge in [-0.15, -0.1) is 12.4 Å². The first-order valence-corrected chi connectivity index (χ1v) is 3.59. The first-order chi connectivity index (χ1) is 6.09. The highest BCUT2D eigenvalue weighted by molar-refractivity contribution is 5.93. The number of rotatable bonds is 2. The van der Waals surface area contributed by atoms with Gasteiger partial charge >= 0.3 is 0 Å². The van der Waals surface area contributed by atoms with E-state index in [1.54, 1.807) is 18.2 Å². The molecule has 0 fully saturated rings. The first-order valence-electron chi connectivity index (χ1n) is 3.59. The average molecular weight is 215 g/mol. The summed E-state index contributed by atoms with van der Waals surface area (Å²) in [4.78, 5) is 14.5. The van der Waals surface area contributed by atoms with Crippen molar-refractivity contribution in [3.05, 3.63) is 29.8 Å². The van der Waals surface area contributed by atoms with E-state index in [-0.39, 0.29) is 18.4 Å². The Morgan fingerprint density at radius 3 is 2.36 bits per heavy atom. The van der Waals surface area contributed by atoms with Crippen molar-refractivity contribution in [2.75, 3.05) is 0 Å². The van der Waals surface area contributed by atoms with Gasteiger partial charge in [-0.05, 0) is 18.2 Å². The summed E-state index contributed by atoms with van der Waals surface area (Å²) in [6.45, 7) is 0. The Bertz CT molecular complexity index is 360. The van der Waals surface area contributed by atoms with Crippen LogP contribution in [0.5, 0.6) is 0 Å². The first kappa shape index (κ1) is 12.2.